The third-order valence-electron chi connectivity index (χ3n) is 4.42. The Bertz CT molecular complexity index is 831. The van der Waals surface area contributed by atoms with E-state index in [1.54, 1.807) is 0 Å². The number of rotatable bonds is 3. The summed E-state index contributed by atoms with van der Waals surface area (Å²) >= 11 is 0. The lowest BCUT2D eigenvalue weighted by molar-refractivity contribution is 0.864. The van der Waals surface area contributed by atoms with Crippen molar-refractivity contribution >= 4 is 0 Å². The average Bonchev–Trinajstić information content (AvgIpc) is 2.56. The minimum Gasteiger partial charge on any atom is -0.256 e. The second-order valence-corrected chi connectivity index (χ2v) is 6.47. The van der Waals surface area contributed by atoms with Crippen molar-refractivity contribution in [1.82, 2.24) is 4.98 Å². The van der Waals surface area contributed by atoms with Crippen LogP contribution in [0.5, 0.6) is 0 Å². The van der Waals surface area contributed by atoms with Crippen molar-refractivity contribution in [3.8, 4) is 22.4 Å². The van der Waals surface area contributed by atoms with Gasteiger partial charge in [-0.1, -0.05) is 50.2 Å². The molecule has 0 aliphatic carbocycles. The number of benzene rings is 2. The second kappa shape index (κ2) is 6.37. The Kier molecular flexibility index (Phi) is 4.29. The van der Waals surface area contributed by atoms with Gasteiger partial charge in [-0.15, -0.1) is 0 Å². The molecule has 23 heavy (non-hydrogen) atoms. The summed E-state index contributed by atoms with van der Waals surface area (Å²) in [6.45, 7) is 8.77. The molecular weight excluding hydrogens is 278 g/mol. The van der Waals surface area contributed by atoms with Gasteiger partial charge >= 0.3 is 0 Å². The molecule has 0 spiro atoms. The smallest absolute Gasteiger partial charge is 0.0705 e. The lowest BCUT2D eigenvalue weighted by Crippen LogP contribution is -1.92. The van der Waals surface area contributed by atoms with Gasteiger partial charge in [-0.3, -0.25) is 4.98 Å². The Hall–Kier alpha value is -2.41. The van der Waals surface area contributed by atoms with Crippen molar-refractivity contribution in [3.63, 3.8) is 0 Å². The number of hydrogen-bond acceptors (Lipinski definition) is 1. The predicted molar refractivity (Wildman–Crippen MR) is 98.7 cm³/mol. The quantitative estimate of drug-likeness (QED) is 0.565. The van der Waals surface area contributed by atoms with E-state index in [0.717, 1.165) is 5.69 Å². The monoisotopic (exact) mass is 301 g/mol. The van der Waals surface area contributed by atoms with Crippen LogP contribution < -0.4 is 0 Å². The Morgan fingerprint density at radius 3 is 2.26 bits per heavy atom. The van der Waals surface area contributed by atoms with Gasteiger partial charge in [-0.25, -0.2) is 0 Å². The fourth-order valence-electron chi connectivity index (χ4n) is 2.91. The van der Waals surface area contributed by atoms with Crippen molar-refractivity contribution in [2.45, 2.75) is 33.6 Å². The SMILES string of the molecule is Cc1ccccc1-c1cc(-c2cc(C(C)C)ccn2)ccc1C. The standard InChI is InChI=1S/C22H23N/c1-15(2)18-11-12-23-22(14-18)19-10-9-17(4)21(13-19)20-8-6-5-7-16(20)3/h5-15H,1-4H3. The maximum absolute atomic E-state index is 4.58. The Morgan fingerprint density at radius 1 is 0.783 bits per heavy atom. The molecule has 0 radical (unpaired) electrons. The summed E-state index contributed by atoms with van der Waals surface area (Å²) in [6, 6.07) is 19.5. The van der Waals surface area contributed by atoms with Gasteiger partial charge in [0.15, 0.2) is 0 Å². The summed E-state index contributed by atoms with van der Waals surface area (Å²) in [4.78, 5) is 4.58. The van der Waals surface area contributed by atoms with Crippen LogP contribution in [-0.4, -0.2) is 4.98 Å². The molecule has 3 aromatic rings. The van der Waals surface area contributed by atoms with Crippen molar-refractivity contribution < 1.29 is 0 Å². The first-order valence-corrected chi connectivity index (χ1v) is 8.19. The van der Waals surface area contributed by atoms with E-state index in [4.69, 9.17) is 0 Å². The molecule has 0 aliphatic heterocycles. The molecule has 0 unspecified atom stereocenters. The van der Waals surface area contributed by atoms with Gasteiger partial charge in [0.2, 0.25) is 0 Å². The van der Waals surface area contributed by atoms with Crippen LogP contribution in [0.25, 0.3) is 22.4 Å². The molecule has 1 nitrogen and oxygen atoms in total. The van der Waals surface area contributed by atoms with Gasteiger partial charge in [-0.2, -0.15) is 0 Å². The van der Waals surface area contributed by atoms with Crippen molar-refractivity contribution in [2.75, 3.05) is 0 Å². The largest absolute Gasteiger partial charge is 0.256 e. The first-order chi connectivity index (χ1) is 11.1. The fourth-order valence-corrected chi connectivity index (χ4v) is 2.91. The van der Waals surface area contributed by atoms with E-state index < -0.39 is 0 Å². The highest BCUT2D eigenvalue weighted by molar-refractivity contribution is 5.76. The van der Waals surface area contributed by atoms with Crippen molar-refractivity contribution in [3.05, 3.63) is 77.5 Å². The second-order valence-electron chi connectivity index (χ2n) is 6.47. The van der Waals surface area contributed by atoms with Crippen LogP contribution in [0.3, 0.4) is 0 Å². The van der Waals surface area contributed by atoms with E-state index in [1.807, 2.05) is 6.20 Å². The third-order valence-corrected chi connectivity index (χ3v) is 4.42. The fraction of sp³-hybridized carbons (Fsp3) is 0.227. The number of nitrogens with zero attached hydrogens (tertiary/aromatic N) is 1. The highest BCUT2D eigenvalue weighted by Gasteiger charge is 2.09. The molecule has 2 aromatic carbocycles. The van der Waals surface area contributed by atoms with Crippen LogP contribution >= 0.6 is 0 Å². The van der Waals surface area contributed by atoms with E-state index >= 15 is 0 Å². The van der Waals surface area contributed by atoms with Gasteiger partial charge in [0, 0.05) is 11.8 Å². The normalized spacial score (nSPS) is 11.0. The zero-order valence-electron chi connectivity index (χ0n) is 14.3. The predicted octanol–water partition coefficient (Wildman–Crippen LogP) is 6.16. The third kappa shape index (κ3) is 3.19. The molecule has 0 amide bonds. The van der Waals surface area contributed by atoms with Crippen LogP contribution in [0, 0.1) is 13.8 Å². The summed E-state index contributed by atoms with van der Waals surface area (Å²) in [6.07, 6.45) is 1.91. The molecule has 1 heterocycles. The topological polar surface area (TPSA) is 12.9 Å². The average molecular weight is 301 g/mol. The minimum atomic E-state index is 0.512. The molecule has 116 valence electrons. The Morgan fingerprint density at radius 2 is 1.52 bits per heavy atom. The number of hydrogen-bond donors (Lipinski definition) is 0. The van der Waals surface area contributed by atoms with Gasteiger partial charge in [0.25, 0.3) is 0 Å². The first-order valence-electron chi connectivity index (χ1n) is 8.19. The summed E-state index contributed by atoms with van der Waals surface area (Å²) in [7, 11) is 0. The lowest BCUT2D eigenvalue weighted by Gasteiger charge is -2.12. The number of aryl methyl sites for hydroxylation is 2. The molecular formula is C22H23N. The summed E-state index contributed by atoms with van der Waals surface area (Å²) in [5, 5.41) is 0. The van der Waals surface area contributed by atoms with Gasteiger partial charge in [0.1, 0.15) is 0 Å². The Labute approximate surface area is 139 Å². The lowest BCUT2D eigenvalue weighted by atomic mass is 9.93. The zero-order chi connectivity index (χ0) is 16.4. The van der Waals surface area contributed by atoms with Crippen molar-refractivity contribution in [1.29, 1.82) is 0 Å². The molecule has 0 aliphatic rings. The summed E-state index contributed by atoms with van der Waals surface area (Å²) in [5.74, 6) is 0.512. The minimum absolute atomic E-state index is 0.512. The molecule has 3 rings (SSSR count). The van der Waals surface area contributed by atoms with Crippen LogP contribution in [0.1, 0.15) is 36.5 Å². The Balaban J connectivity index is 2.11. The van der Waals surface area contributed by atoms with E-state index in [2.05, 4.69) is 87.3 Å². The maximum atomic E-state index is 4.58. The van der Waals surface area contributed by atoms with E-state index in [9.17, 15) is 0 Å². The van der Waals surface area contributed by atoms with E-state index in [-0.39, 0.29) is 0 Å². The number of pyridine rings is 1. The molecule has 0 atom stereocenters. The highest BCUT2D eigenvalue weighted by Crippen LogP contribution is 2.31. The summed E-state index contributed by atoms with van der Waals surface area (Å²) in [5.41, 5.74) is 8.74. The maximum Gasteiger partial charge on any atom is 0.0705 e. The first kappa shape index (κ1) is 15.5. The van der Waals surface area contributed by atoms with Crippen LogP contribution in [0.4, 0.5) is 0 Å². The van der Waals surface area contributed by atoms with Crippen molar-refractivity contribution in [2.24, 2.45) is 0 Å². The molecule has 0 N–H and O–H groups in total. The van der Waals surface area contributed by atoms with Crippen LogP contribution in [0.2, 0.25) is 0 Å². The van der Waals surface area contributed by atoms with Gasteiger partial charge < -0.3 is 0 Å². The van der Waals surface area contributed by atoms with E-state index in [1.165, 1.54) is 33.4 Å². The molecule has 0 fully saturated rings. The molecule has 0 saturated heterocycles. The molecule has 0 bridgehead atoms. The van der Waals surface area contributed by atoms with Crippen LogP contribution in [0.15, 0.2) is 60.8 Å². The molecule has 1 heteroatoms. The van der Waals surface area contributed by atoms with Gasteiger partial charge in [0.05, 0.1) is 5.69 Å². The zero-order valence-corrected chi connectivity index (χ0v) is 14.3. The molecule has 1 aromatic heterocycles. The van der Waals surface area contributed by atoms with Crippen LogP contribution in [-0.2, 0) is 0 Å². The highest BCUT2D eigenvalue weighted by atomic mass is 14.7. The number of aromatic nitrogens is 1. The van der Waals surface area contributed by atoms with E-state index in [0.29, 0.717) is 5.92 Å². The van der Waals surface area contributed by atoms with Gasteiger partial charge in [-0.05, 0) is 65.8 Å². The summed E-state index contributed by atoms with van der Waals surface area (Å²) < 4.78 is 0. The molecule has 0 saturated carbocycles.